The van der Waals surface area contributed by atoms with Gasteiger partial charge >= 0.3 is 0 Å². The number of nitrogens with zero attached hydrogens (tertiary/aromatic N) is 1. The zero-order valence-electron chi connectivity index (χ0n) is 16.6. The van der Waals surface area contributed by atoms with Gasteiger partial charge in [0.05, 0.1) is 19.2 Å². The van der Waals surface area contributed by atoms with Crippen molar-refractivity contribution >= 4 is 40.5 Å². The maximum absolute atomic E-state index is 12.3. The third kappa shape index (κ3) is 6.36. The summed E-state index contributed by atoms with van der Waals surface area (Å²) in [6.07, 6.45) is 1.87. The number of ether oxygens (including phenoxy) is 1. The molecule has 0 aliphatic carbocycles. The highest BCUT2D eigenvalue weighted by atomic mass is 32.1. The Morgan fingerprint density at radius 1 is 1.45 bits per heavy atom. The molecule has 3 atom stereocenters. The number of amides is 2. The van der Waals surface area contributed by atoms with E-state index in [0.717, 1.165) is 17.8 Å². The predicted molar refractivity (Wildman–Crippen MR) is 117 cm³/mol. The summed E-state index contributed by atoms with van der Waals surface area (Å²) in [6, 6.07) is 4.10. The number of piperazine rings is 1. The van der Waals surface area contributed by atoms with E-state index >= 15 is 0 Å². The fourth-order valence-electron chi connectivity index (χ4n) is 3.84. The van der Waals surface area contributed by atoms with Crippen LogP contribution in [0.2, 0.25) is 0 Å². The van der Waals surface area contributed by atoms with Crippen molar-refractivity contribution in [1.29, 1.82) is 0 Å². The molecule has 2 amide bonds. The molecule has 8 nitrogen and oxygen atoms in total. The lowest BCUT2D eigenvalue weighted by molar-refractivity contribution is -0.129. The highest BCUT2D eigenvalue weighted by Crippen LogP contribution is 2.25. The summed E-state index contributed by atoms with van der Waals surface area (Å²) in [7, 11) is 1.65. The van der Waals surface area contributed by atoms with Gasteiger partial charge in [0.25, 0.3) is 0 Å². The number of nitrogens with one attached hydrogen (secondary N) is 4. The summed E-state index contributed by atoms with van der Waals surface area (Å²) in [4.78, 5) is 27.9. The van der Waals surface area contributed by atoms with Crippen LogP contribution in [0.5, 0.6) is 0 Å². The molecule has 3 rings (SSSR count). The first-order chi connectivity index (χ1) is 14.1. The maximum atomic E-state index is 12.3. The Balaban J connectivity index is 1.45. The molecule has 1 aromatic rings. The molecule has 2 fully saturated rings. The molecule has 0 bridgehead atoms. The lowest BCUT2D eigenvalue weighted by Gasteiger charge is -2.37. The van der Waals surface area contributed by atoms with Crippen molar-refractivity contribution in [3.63, 3.8) is 0 Å². The maximum Gasteiger partial charge on any atom is 0.237 e. The van der Waals surface area contributed by atoms with E-state index in [1.807, 2.05) is 17.5 Å². The van der Waals surface area contributed by atoms with Gasteiger partial charge in [-0.05, 0) is 36.5 Å². The topological polar surface area (TPSA) is 94.7 Å². The largest absolute Gasteiger partial charge is 0.383 e. The first-order valence-electron chi connectivity index (χ1n) is 9.92. The normalized spacial score (nSPS) is 23.9. The van der Waals surface area contributed by atoms with Crippen LogP contribution < -0.4 is 21.3 Å². The van der Waals surface area contributed by atoms with Crippen LogP contribution in [0.3, 0.4) is 0 Å². The molecule has 1 aromatic heterocycles. The van der Waals surface area contributed by atoms with Gasteiger partial charge in [-0.25, -0.2) is 0 Å². The number of fused-ring (bicyclic) bond motifs is 1. The summed E-state index contributed by atoms with van der Waals surface area (Å²) in [5, 5.41) is 15.0. The molecule has 4 N–H and O–H groups in total. The zero-order valence-corrected chi connectivity index (χ0v) is 18.2. The van der Waals surface area contributed by atoms with E-state index < -0.39 is 0 Å². The summed E-state index contributed by atoms with van der Waals surface area (Å²) in [5.41, 5.74) is 0. The van der Waals surface area contributed by atoms with Crippen molar-refractivity contribution in [2.75, 3.05) is 33.4 Å². The fourth-order valence-corrected chi connectivity index (χ4v) is 4.75. The Morgan fingerprint density at radius 3 is 3.07 bits per heavy atom. The predicted octanol–water partition coefficient (Wildman–Crippen LogP) is 0.196. The van der Waals surface area contributed by atoms with Crippen LogP contribution in [-0.2, 0) is 20.9 Å². The second kappa shape index (κ2) is 10.9. The quantitative estimate of drug-likeness (QED) is 0.322. The zero-order chi connectivity index (χ0) is 20.6. The Kier molecular flexibility index (Phi) is 8.22. The number of thiocarbonyl (C=S) groups is 1. The second-order valence-electron chi connectivity index (χ2n) is 7.33. The molecule has 2 aliphatic heterocycles. The first kappa shape index (κ1) is 21.9. The van der Waals surface area contributed by atoms with Crippen molar-refractivity contribution in [1.82, 2.24) is 26.2 Å². The lowest BCUT2D eigenvalue weighted by atomic mass is 10.0. The van der Waals surface area contributed by atoms with E-state index in [-0.39, 0.29) is 29.9 Å². The number of methoxy groups -OCH3 is 1. The molecular formula is C19H29N5O3S2. The van der Waals surface area contributed by atoms with Crippen molar-refractivity contribution in [3.8, 4) is 0 Å². The van der Waals surface area contributed by atoms with Gasteiger partial charge in [0.15, 0.2) is 5.11 Å². The Hall–Kier alpha value is -1.75. The lowest BCUT2D eigenvalue weighted by Crippen LogP contribution is -2.58. The van der Waals surface area contributed by atoms with Crippen LogP contribution >= 0.6 is 23.6 Å². The smallest absolute Gasteiger partial charge is 0.237 e. The van der Waals surface area contributed by atoms with Crippen molar-refractivity contribution < 1.29 is 14.3 Å². The molecule has 160 valence electrons. The molecule has 0 saturated carbocycles. The molecule has 29 heavy (non-hydrogen) atoms. The van der Waals surface area contributed by atoms with Crippen LogP contribution in [0.4, 0.5) is 0 Å². The molecule has 0 radical (unpaired) electrons. The van der Waals surface area contributed by atoms with Gasteiger partial charge in [-0.15, -0.1) is 11.3 Å². The van der Waals surface area contributed by atoms with E-state index in [0.29, 0.717) is 44.2 Å². The number of rotatable bonds is 9. The molecule has 2 aliphatic rings. The van der Waals surface area contributed by atoms with E-state index in [2.05, 4.69) is 26.2 Å². The molecule has 3 heterocycles. The molecular weight excluding hydrogens is 410 g/mol. The molecule has 0 unspecified atom stereocenters. The van der Waals surface area contributed by atoms with Gasteiger partial charge in [-0.3, -0.25) is 14.5 Å². The highest BCUT2D eigenvalue weighted by Gasteiger charge is 2.43. The van der Waals surface area contributed by atoms with Crippen LogP contribution in [0.1, 0.15) is 24.1 Å². The molecule has 10 heteroatoms. The van der Waals surface area contributed by atoms with Gasteiger partial charge in [-0.1, -0.05) is 6.07 Å². The fraction of sp³-hybridized carbons (Fsp3) is 0.632. The van der Waals surface area contributed by atoms with Crippen molar-refractivity contribution in [2.24, 2.45) is 0 Å². The van der Waals surface area contributed by atoms with Crippen LogP contribution in [0, 0.1) is 0 Å². The number of hydrogen-bond donors (Lipinski definition) is 4. The number of carbonyl (C=O) groups is 2. The highest BCUT2D eigenvalue weighted by molar-refractivity contribution is 7.80. The summed E-state index contributed by atoms with van der Waals surface area (Å²) in [5.74, 6) is 0.107. The van der Waals surface area contributed by atoms with Gasteiger partial charge in [0, 0.05) is 50.1 Å². The number of hydrogen-bond acceptors (Lipinski definition) is 6. The van der Waals surface area contributed by atoms with E-state index in [4.69, 9.17) is 17.0 Å². The Labute approximate surface area is 180 Å². The Bertz CT molecular complexity index is 700. The minimum atomic E-state index is -0.165. The molecule has 0 spiro atoms. The minimum absolute atomic E-state index is 0.0456. The molecule has 0 aromatic carbocycles. The van der Waals surface area contributed by atoms with E-state index in [1.54, 1.807) is 18.4 Å². The monoisotopic (exact) mass is 439 g/mol. The average Bonchev–Trinajstić information content (AvgIpc) is 3.36. The summed E-state index contributed by atoms with van der Waals surface area (Å²) < 4.78 is 5.01. The standard InChI is InChI=1S/C19H29N5O3S2/c1-27-7-6-20-19(28)23-13-9-16-18(26)22-10-14(24(16)12-13)4-5-17(25)21-11-15-3-2-8-29-15/h2-3,8,13-14,16H,4-7,9-12H2,1H3,(H,21,25)(H,22,26)(H2,20,23,28)/t13-,14+,16-/m0/s1. The third-order valence-electron chi connectivity index (χ3n) is 5.29. The summed E-state index contributed by atoms with van der Waals surface area (Å²) >= 11 is 6.96. The van der Waals surface area contributed by atoms with Crippen molar-refractivity contribution in [3.05, 3.63) is 22.4 Å². The van der Waals surface area contributed by atoms with E-state index in [9.17, 15) is 9.59 Å². The molecule has 2 saturated heterocycles. The van der Waals surface area contributed by atoms with Gasteiger partial charge < -0.3 is 26.0 Å². The van der Waals surface area contributed by atoms with E-state index in [1.165, 1.54) is 0 Å². The SMILES string of the molecule is COCCNC(=S)N[C@H]1C[C@H]2C(=O)NC[C@@H](CCC(=O)NCc3cccs3)N2C1. The minimum Gasteiger partial charge on any atom is -0.383 e. The first-order valence-corrected chi connectivity index (χ1v) is 11.2. The van der Waals surface area contributed by atoms with Gasteiger partial charge in [0.1, 0.15) is 0 Å². The van der Waals surface area contributed by atoms with Crippen LogP contribution in [-0.4, -0.2) is 73.3 Å². The second-order valence-corrected chi connectivity index (χ2v) is 8.77. The van der Waals surface area contributed by atoms with Gasteiger partial charge in [-0.2, -0.15) is 0 Å². The van der Waals surface area contributed by atoms with Crippen molar-refractivity contribution in [2.45, 2.75) is 43.9 Å². The number of thiophene rings is 1. The average molecular weight is 440 g/mol. The Morgan fingerprint density at radius 2 is 2.31 bits per heavy atom. The number of carbonyl (C=O) groups excluding carboxylic acids is 2. The third-order valence-corrected chi connectivity index (χ3v) is 6.43. The van der Waals surface area contributed by atoms with Crippen LogP contribution in [0.25, 0.3) is 0 Å². The van der Waals surface area contributed by atoms with Crippen LogP contribution in [0.15, 0.2) is 17.5 Å². The van der Waals surface area contributed by atoms with Gasteiger partial charge in [0.2, 0.25) is 11.8 Å². The summed E-state index contributed by atoms with van der Waals surface area (Å²) in [6.45, 7) is 3.12.